The molecular formula is C19H26N2O2S. The minimum Gasteiger partial charge on any atom is -0.299 e. The summed E-state index contributed by atoms with van der Waals surface area (Å²) in [5, 5.41) is 0. The van der Waals surface area contributed by atoms with E-state index in [1.54, 1.807) is 24.3 Å². The van der Waals surface area contributed by atoms with Crippen LogP contribution in [0.5, 0.6) is 0 Å². The highest BCUT2D eigenvalue weighted by atomic mass is 32.2. The molecule has 2 rings (SSSR count). The van der Waals surface area contributed by atoms with Crippen LogP contribution in [0.25, 0.3) is 0 Å². The van der Waals surface area contributed by atoms with Crippen molar-refractivity contribution in [2.75, 3.05) is 19.6 Å². The summed E-state index contributed by atoms with van der Waals surface area (Å²) in [6.45, 7) is 6.39. The second kappa shape index (κ2) is 8.97. The average molecular weight is 346 g/mol. The van der Waals surface area contributed by atoms with Gasteiger partial charge in [-0.1, -0.05) is 62.4 Å². The van der Waals surface area contributed by atoms with Crippen molar-refractivity contribution in [2.45, 2.75) is 31.2 Å². The van der Waals surface area contributed by atoms with E-state index in [0.29, 0.717) is 11.4 Å². The second-order valence-corrected chi connectivity index (χ2v) is 7.50. The van der Waals surface area contributed by atoms with Crippen LogP contribution in [-0.2, 0) is 16.4 Å². The Kier molecular flexibility index (Phi) is 6.97. The van der Waals surface area contributed by atoms with Crippen molar-refractivity contribution < 1.29 is 8.42 Å². The molecule has 0 aromatic heterocycles. The van der Waals surface area contributed by atoms with Gasteiger partial charge in [-0.15, -0.1) is 0 Å². The van der Waals surface area contributed by atoms with Crippen LogP contribution in [-0.4, -0.2) is 39.0 Å². The van der Waals surface area contributed by atoms with Crippen LogP contribution >= 0.6 is 0 Å². The Balaban J connectivity index is 2.10. The van der Waals surface area contributed by atoms with E-state index >= 15 is 0 Å². The molecular weight excluding hydrogens is 320 g/mol. The summed E-state index contributed by atoms with van der Waals surface area (Å²) in [6.07, 6.45) is 0.819. The van der Waals surface area contributed by atoms with Crippen molar-refractivity contribution in [3.8, 4) is 0 Å². The quantitative estimate of drug-likeness (QED) is 0.759. The van der Waals surface area contributed by atoms with Crippen LogP contribution < -0.4 is 4.72 Å². The van der Waals surface area contributed by atoms with Gasteiger partial charge in [-0.25, -0.2) is 13.1 Å². The van der Waals surface area contributed by atoms with Crippen LogP contribution in [0.4, 0.5) is 0 Å². The minimum atomic E-state index is -3.47. The van der Waals surface area contributed by atoms with E-state index in [0.717, 1.165) is 19.5 Å². The lowest BCUT2D eigenvalue weighted by Crippen LogP contribution is -2.45. The van der Waals surface area contributed by atoms with E-state index in [4.69, 9.17) is 0 Å². The molecule has 24 heavy (non-hydrogen) atoms. The van der Waals surface area contributed by atoms with Crippen molar-refractivity contribution in [2.24, 2.45) is 0 Å². The fraction of sp³-hybridized carbons (Fsp3) is 0.368. The number of rotatable bonds is 9. The SMILES string of the molecule is CCN(CC)C(CNS(=O)(=O)c1ccccc1)Cc1ccccc1. The molecule has 2 aromatic carbocycles. The molecule has 0 bridgehead atoms. The molecule has 0 radical (unpaired) electrons. The normalized spacial score (nSPS) is 13.1. The Morgan fingerprint density at radius 1 is 0.917 bits per heavy atom. The van der Waals surface area contributed by atoms with Gasteiger partial charge in [-0.2, -0.15) is 0 Å². The van der Waals surface area contributed by atoms with Crippen molar-refractivity contribution in [3.63, 3.8) is 0 Å². The molecule has 4 nitrogen and oxygen atoms in total. The Morgan fingerprint density at radius 3 is 2.00 bits per heavy atom. The van der Waals surface area contributed by atoms with Gasteiger partial charge in [0.15, 0.2) is 0 Å². The number of nitrogens with one attached hydrogen (secondary N) is 1. The van der Waals surface area contributed by atoms with Crippen LogP contribution in [0.2, 0.25) is 0 Å². The molecule has 1 N–H and O–H groups in total. The van der Waals surface area contributed by atoms with Gasteiger partial charge in [0, 0.05) is 12.6 Å². The molecule has 0 aliphatic rings. The Hall–Kier alpha value is -1.69. The number of likely N-dealkylation sites (N-methyl/N-ethyl adjacent to an activating group) is 1. The van der Waals surface area contributed by atoms with Gasteiger partial charge in [0.1, 0.15) is 0 Å². The Morgan fingerprint density at radius 2 is 1.46 bits per heavy atom. The molecule has 0 aliphatic carbocycles. The molecule has 0 aliphatic heterocycles. The molecule has 1 unspecified atom stereocenters. The van der Waals surface area contributed by atoms with E-state index in [1.165, 1.54) is 5.56 Å². The second-order valence-electron chi connectivity index (χ2n) is 5.73. The fourth-order valence-corrected chi connectivity index (χ4v) is 3.94. The summed E-state index contributed by atoms with van der Waals surface area (Å²) in [4.78, 5) is 2.60. The largest absolute Gasteiger partial charge is 0.299 e. The van der Waals surface area contributed by atoms with Gasteiger partial charge in [0.25, 0.3) is 0 Å². The van der Waals surface area contributed by atoms with Crippen LogP contribution in [0, 0.1) is 0 Å². The summed E-state index contributed by atoms with van der Waals surface area (Å²) in [7, 11) is -3.47. The molecule has 0 fully saturated rings. The smallest absolute Gasteiger partial charge is 0.240 e. The maximum absolute atomic E-state index is 12.5. The van der Waals surface area contributed by atoms with E-state index in [2.05, 4.69) is 35.6 Å². The van der Waals surface area contributed by atoms with Crippen molar-refractivity contribution in [1.29, 1.82) is 0 Å². The molecule has 130 valence electrons. The zero-order valence-corrected chi connectivity index (χ0v) is 15.2. The molecule has 0 saturated carbocycles. The van der Waals surface area contributed by atoms with Gasteiger partial charge in [0.2, 0.25) is 10.0 Å². The molecule has 0 heterocycles. The van der Waals surface area contributed by atoms with Gasteiger partial charge in [-0.05, 0) is 37.2 Å². The van der Waals surface area contributed by atoms with Gasteiger partial charge >= 0.3 is 0 Å². The zero-order chi connectivity index (χ0) is 17.4. The summed E-state index contributed by atoms with van der Waals surface area (Å²) >= 11 is 0. The summed E-state index contributed by atoms with van der Waals surface area (Å²) in [6, 6.07) is 18.8. The maximum atomic E-state index is 12.5. The maximum Gasteiger partial charge on any atom is 0.240 e. The van der Waals surface area contributed by atoms with Crippen LogP contribution in [0.3, 0.4) is 0 Å². The first-order valence-corrected chi connectivity index (χ1v) is 9.87. The summed E-state index contributed by atoms with van der Waals surface area (Å²) in [5.41, 5.74) is 1.22. The Bertz CT molecular complexity index is 699. The number of benzene rings is 2. The van der Waals surface area contributed by atoms with Gasteiger partial charge in [-0.3, -0.25) is 4.90 Å². The summed E-state index contributed by atoms with van der Waals surface area (Å²) in [5.74, 6) is 0. The first-order valence-electron chi connectivity index (χ1n) is 8.39. The predicted octanol–water partition coefficient (Wildman–Crippen LogP) is 2.92. The van der Waals surface area contributed by atoms with Gasteiger partial charge < -0.3 is 0 Å². The lowest BCUT2D eigenvalue weighted by molar-refractivity contribution is 0.216. The monoisotopic (exact) mass is 346 g/mol. The molecule has 0 amide bonds. The average Bonchev–Trinajstić information content (AvgIpc) is 2.62. The first kappa shape index (κ1) is 18.6. The van der Waals surface area contributed by atoms with Gasteiger partial charge in [0.05, 0.1) is 4.90 Å². The molecule has 0 saturated heterocycles. The van der Waals surface area contributed by atoms with Crippen molar-refractivity contribution in [3.05, 3.63) is 66.2 Å². The highest BCUT2D eigenvalue weighted by molar-refractivity contribution is 7.89. The van der Waals surface area contributed by atoms with E-state index in [9.17, 15) is 8.42 Å². The third-order valence-electron chi connectivity index (χ3n) is 4.21. The molecule has 5 heteroatoms. The number of hydrogen-bond acceptors (Lipinski definition) is 3. The molecule has 2 aromatic rings. The Labute approximate surface area is 145 Å². The van der Waals surface area contributed by atoms with Crippen molar-refractivity contribution in [1.82, 2.24) is 9.62 Å². The number of sulfonamides is 1. The number of nitrogens with zero attached hydrogens (tertiary/aromatic N) is 1. The fourth-order valence-electron chi connectivity index (χ4n) is 2.85. The van der Waals surface area contributed by atoms with E-state index < -0.39 is 10.0 Å². The topological polar surface area (TPSA) is 49.4 Å². The minimum absolute atomic E-state index is 0.126. The highest BCUT2D eigenvalue weighted by Crippen LogP contribution is 2.11. The third kappa shape index (κ3) is 5.16. The van der Waals surface area contributed by atoms with Crippen LogP contribution in [0.1, 0.15) is 19.4 Å². The lowest BCUT2D eigenvalue weighted by Gasteiger charge is -2.30. The van der Waals surface area contributed by atoms with E-state index in [-0.39, 0.29) is 6.04 Å². The molecule has 0 spiro atoms. The zero-order valence-electron chi connectivity index (χ0n) is 14.4. The standard InChI is InChI=1S/C19H26N2O2S/c1-3-21(4-2)18(15-17-11-7-5-8-12-17)16-20-24(22,23)19-13-9-6-10-14-19/h5-14,18,20H,3-4,15-16H2,1-2H3. The van der Waals surface area contributed by atoms with Crippen molar-refractivity contribution >= 4 is 10.0 Å². The van der Waals surface area contributed by atoms with Crippen LogP contribution in [0.15, 0.2) is 65.6 Å². The molecule has 1 atom stereocenters. The summed E-state index contributed by atoms with van der Waals surface area (Å²) < 4.78 is 27.7. The first-order chi connectivity index (χ1) is 11.6. The number of hydrogen-bond donors (Lipinski definition) is 1. The lowest BCUT2D eigenvalue weighted by atomic mass is 10.0. The highest BCUT2D eigenvalue weighted by Gasteiger charge is 2.20. The predicted molar refractivity (Wildman–Crippen MR) is 98.5 cm³/mol. The van der Waals surface area contributed by atoms with E-state index in [1.807, 2.05) is 24.3 Å². The third-order valence-corrected chi connectivity index (χ3v) is 5.64.